The summed E-state index contributed by atoms with van der Waals surface area (Å²) < 4.78 is 0. The maximum absolute atomic E-state index is 12.9. The van der Waals surface area contributed by atoms with Crippen molar-refractivity contribution in [2.24, 2.45) is 5.73 Å². The van der Waals surface area contributed by atoms with Crippen molar-refractivity contribution in [2.45, 2.75) is 38.4 Å². The topological polar surface area (TPSA) is 179 Å². The Labute approximate surface area is 231 Å². The Morgan fingerprint density at radius 1 is 1.02 bits per heavy atom. The highest BCUT2D eigenvalue weighted by Crippen LogP contribution is 2.29. The summed E-state index contributed by atoms with van der Waals surface area (Å²) in [5, 5.41) is 13.9. The van der Waals surface area contributed by atoms with E-state index in [0.717, 1.165) is 10.5 Å². The number of carboxylic acids is 1. The summed E-state index contributed by atoms with van der Waals surface area (Å²) in [4.78, 5) is 74.3. The first-order chi connectivity index (χ1) is 19.0. The summed E-state index contributed by atoms with van der Waals surface area (Å²) in [6.45, 7) is 6.22. The molecule has 1 unspecified atom stereocenters. The van der Waals surface area contributed by atoms with Gasteiger partial charge in [-0.15, -0.1) is 0 Å². The zero-order valence-corrected chi connectivity index (χ0v) is 22.3. The number of carbonyl (C=O) groups excluding carboxylic acids is 5. The zero-order chi connectivity index (χ0) is 29.8. The van der Waals surface area contributed by atoms with Crippen molar-refractivity contribution in [3.8, 4) is 0 Å². The van der Waals surface area contributed by atoms with E-state index < -0.39 is 54.8 Å². The molecule has 0 bridgehead atoms. The minimum Gasteiger partial charge on any atom is -0.481 e. The van der Waals surface area contributed by atoms with Crippen molar-refractivity contribution in [3.63, 3.8) is 0 Å². The number of hydrogen-bond acceptors (Lipinski definition) is 7. The Morgan fingerprint density at radius 2 is 1.65 bits per heavy atom. The highest BCUT2D eigenvalue weighted by Gasteiger charge is 2.25. The van der Waals surface area contributed by atoms with E-state index in [4.69, 9.17) is 10.8 Å². The van der Waals surface area contributed by atoms with Crippen molar-refractivity contribution in [2.75, 3.05) is 22.9 Å². The highest BCUT2D eigenvalue weighted by atomic mass is 16.4. The molecule has 0 fully saturated rings. The summed E-state index contributed by atoms with van der Waals surface area (Å²) in [5.74, 6) is -2.91. The molecule has 3 atom stereocenters. The van der Waals surface area contributed by atoms with Crippen molar-refractivity contribution >= 4 is 53.8 Å². The maximum Gasteiger partial charge on any atom is 0.305 e. The van der Waals surface area contributed by atoms with Crippen molar-refractivity contribution in [1.29, 1.82) is 0 Å². The Kier molecular flexibility index (Phi) is 11.7. The van der Waals surface area contributed by atoms with E-state index in [1.54, 1.807) is 55.5 Å². The van der Waals surface area contributed by atoms with Gasteiger partial charge in [-0.05, 0) is 30.2 Å². The standard InChI is InChI=1S/C28H33N5O7/c1-4-20-9-5-6-10-22(20)27(29)28(40)30-18(2)14-33(19(3)36)24-12-8-7-11-23(24)32(17-35)15-25(37)31-21(16-34)13-26(38)39/h4-12,16-18,21,27H,1,13-15,29H2,2-3H3,(H,30,40)(H,31,37)(H,38,39)/t18-,21+,27?/m1/s1. The van der Waals surface area contributed by atoms with Crippen LogP contribution in [0.15, 0.2) is 55.1 Å². The van der Waals surface area contributed by atoms with Gasteiger partial charge in [-0.3, -0.25) is 24.0 Å². The van der Waals surface area contributed by atoms with Crippen LogP contribution in [0.5, 0.6) is 0 Å². The van der Waals surface area contributed by atoms with Crippen LogP contribution in [0, 0.1) is 0 Å². The second-order valence-corrected chi connectivity index (χ2v) is 8.98. The van der Waals surface area contributed by atoms with Crippen molar-refractivity contribution < 1.29 is 33.9 Å². The van der Waals surface area contributed by atoms with Gasteiger partial charge in [0, 0.05) is 19.5 Å². The number of benzene rings is 2. The molecule has 4 amide bonds. The van der Waals surface area contributed by atoms with Gasteiger partial charge in [0.1, 0.15) is 18.9 Å². The quantitative estimate of drug-likeness (QED) is 0.237. The van der Waals surface area contributed by atoms with Crippen LogP contribution in [0.4, 0.5) is 11.4 Å². The number of nitrogens with two attached hydrogens (primary N) is 1. The number of nitrogens with zero attached hydrogens (tertiary/aromatic N) is 2. The van der Waals surface area contributed by atoms with Gasteiger partial charge in [-0.2, -0.15) is 0 Å². The number of hydrogen-bond donors (Lipinski definition) is 4. The second kappa shape index (κ2) is 14.9. The molecule has 0 aromatic heterocycles. The molecular formula is C28H33N5O7. The number of nitrogens with one attached hydrogen (secondary N) is 2. The lowest BCUT2D eigenvalue weighted by molar-refractivity contribution is -0.138. The van der Waals surface area contributed by atoms with Crippen molar-refractivity contribution in [3.05, 3.63) is 66.2 Å². The van der Waals surface area contributed by atoms with Gasteiger partial charge < -0.3 is 36.1 Å². The summed E-state index contributed by atoms with van der Waals surface area (Å²) in [6, 6.07) is 10.6. The summed E-state index contributed by atoms with van der Waals surface area (Å²) in [7, 11) is 0. The lowest BCUT2D eigenvalue weighted by Crippen LogP contribution is -2.47. The molecule has 0 aliphatic heterocycles. The number of carbonyl (C=O) groups is 6. The third-order valence-corrected chi connectivity index (χ3v) is 5.89. The predicted molar refractivity (Wildman–Crippen MR) is 149 cm³/mol. The number of aliphatic carboxylic acids is 1. The van der Waals surface area contributed by atoms with Crippen molar-refractivity contribution in [1.82, 2.24) is 10.6 Å². The van der Waals surface area contributed by atoms with Gasteiger partial charge in [-0.25, -0.2) is 0 Å². The van der Waals surface area contributed by atoms with E-state index in [-0.39, 0.29) is 17.9 Å². The predicted octanol–water partition coefficient (Wildman–Crippen LogP) is 1.01. The number of rotatable bonds is 15. The average molecular weight is 552 g/mol. The molecule has 5 N–H and O–H groups in total. The van der Waals surface area contributed by atoms with E-state index >= 15 is 0 Å². The average Bonchev–Trinajstić information content (AvgIpc) is 2.93. The van der Waals surface area contributed by atoms with Gasteiger partial charge in [0.15, 0.2) is 0 Å². The first-order valence-electron chi connectivity index (χ1n) is 12.3. The summed E-state index contributed by atoms with van der Waals surface area (Å²) in [5.41, 5.74) is 7.99. The molecule has 12 heteroatoms. The van der Waals surface area contributed by atoms with E-state index in [1.165, 1.54) is 17.9 Å². The smallest absolute Gasteiger partial charge is 0.305 e. The van der Waals surface area contributed by atoms with Crippen LogP contribution in [-0.4, -0.2) is 66.7 Å². The molecule has 0 spiro atoms. The largest absolute Gasteiger partial charge is 0.481 e. The van der Waals surface area contributed by atoms with Crippen LogP contribution in [0.1, 0.15) is 37.4 Å². The van der Waals surface area contributed by atoms with Crippen LogP contribution in [0.25, 0.3) is 6.08 Å². The molecule has 2 rings (SSSR count). The van der Waals surface area contributed by atoms with E-state index in [1.807, 2.05) is 0 Å². The number of aldehydes is 1. The second-order valence-electron chi connectivity index (χ2n) is 8.98. The molecule has 0 saturated carbocycles. The number of carboxylic acid groups (broad SMARTS) is 1. The Bertz CT molecular complexity index is 1270. The molecule has 12 nitrogen and oxygen atoms in total. The van der Waals surface area contributed by atoms with Crippen LogP contribution >= 0.6 is 0 Å². The lowest BCUT2D eigenvalue weighted by atomic mass is 10.00. The fourth-order valence-corrected chi connectivity index (χ4v) is 4.01. The van der Waals surface area contributed by atoms with Crippen LogP contribution < -0.4 is 26.2 Å². The van der Waals surface area contributed by atoms with Crippen LogP contribution in [0.2, 0.25) is 0 Å². The van der Waals surface area contributed by atoms with Crippen LogP contribution in [0.3, 0.4) is 0 Å². The molecule has 40 heavy (non-hydrogen) atoms. The van der Waals surface area contributed by atoms with Crippen LogP contribution in [-0.2, 0) is 28.8 Å². The molecular weight excluding hydrogens is 518 g/mol. The van der Waals surface area contributed by atoms with Gasteiger partial charge in [0.25, 0.3) is 0 Å². The third-order valence-electron chi connectivity index (χ3n) is 5.89. The monoisotopic (exact) mass is 551 g/mol. The molecule has 2 aromatic rings. The van der Waals surface area contributed by atoms with E-state index in [9.17, 15) is 28.8 Å². The first-order valence-corrected chi connectivity index (χ1v) is 12.3. The third kappa shape index (κ3) is 8.60. The lowest BCUT2D eigenvalue weighted by Gasteiger charge is -2.30. The number of anilines is 2. The molecule has 0 radical (unpaired) electrons. The Balaban J connectivity index is 2.22. The SMILES string of the molecule is C=Cc1ccccc1C(N)C(=O)N[C@H](C)CN(C(C)=O)c1ccccc1N(C=O)CC(=O)N[C@H](C=O)CC(=O)O. The van der Waals surface area contributed by atoms with Gasteiger partial charge in [0.2, 0.25) is 24.1 Å². The normalized spacial score (nSPS) is 12.7. The first kappa shape index (κ1) is 31.4. The number of amides is 4. The van der Waals surface area contributed by atoms with E-state index in [0.29, 0.717) is 18.3 Å². The van der Waals surface area contributed by atoms with Gasteiger partial charge in [0.05, 0.1) is 23.8 Å². The minimum atomic E-state index is -1.28. The van der Waals surface area contributed by atoms with Gasteiger partial charge in [-0.1, -0.05) is 49.1 Å². The molecule has 0 aliphatic carbocycles. The van der Waals surface area contributed by atoms with E-state index in [2.05, 4.69) is 17.2 Å². The zero-order valence-electron chi connectivity index (χ0n) is 22.3. The fourth-order valence-electron chi connectivity index (χ4n) is 4.01. The maximum atomic E-state index is 12.9. The highest BCUT2D eigenvalue weighted by molar-refractivity contribution is 5.99. The molecule has 0 aliphatic rings. The fraction of sp³-hybridized carbons (Fsp3) is 0.286. The van der Waals surface area contributed by atoms with Gasteiger partial charge >= 0.3 is 5.97 Å². The Hall–Kier alpha value is -4.84. The molecule has 0 heterocycles. The summed E-state index contributed by atoms with van der Waals surface area (Å²) in [6.07, 6.45) is 1.66. The molecule has 2 aromatic carbocycles. The molecule has 212 valence electrons. The number of para-hydroxylation sites is 2. The minimum absolute atomic E-state index is 0.0125. The summed E-state index contributed by atoms with van der Waals surface area (Å²) >= 11 is 0. The Morgan fingerprint density at radius 3 is 2.23 bits per heavy atom. The molecule has 0 saturated heterocycles.